The lowest BCUT2D eigenvalue weighted by molar-refractivity contribution is 0.280. The predicted molar refractivity (Wildman–Crippen MR) is 84.8 cm³/mol. The van der Waals surface area contributed by atoms with Crippen LogP contribution in [0, 0.1) is 12.8 Å². The molecule has 1 aliphatic rings. The van der Waals surface area contributed by atoms with Gasteiger partial charge in [-0.1, -0.05) is 12.1 Å². The fourth-order valence-corrected chi connectivity index (χ4v) is 4.08. The molecule has 0 bridgehead atoms. The average molecular weight is 362 g/mol. The van der Waals surface area contributed by atoms with Crippen molar-refractivity contribution in [1.29, 1.82) is 0 Å². The molecule has 1 aliphatic heterocycles. The van der Waals surface area contributed by atoms with Gasteiger partial charge in [-0.2, -0.15) is 12.7 Å². The largest absolute Gasteiger partial charge is 0.330 e. The zero-order valence-electron chi connectivity index (χ0n) is 11.5. The van der Waals surface area contributed by atoms with Crippen molar-refractivity contribution in [3.63, 3.8) is 0 Å². The first-order valence-electron chi connectivity index (χ1n) is 6.67. The first-order chi connectivity index (χ1) is 9.44. The van der Waals surface area contributed by atoms with Gasteiger partial charge < -0.3 is 5.73 Å². The molecule has 5 nitrogen and oxygen atoms in total. The second-order valence-electron chi connectivity index (χ2n) is 5.12. The van der Waals surface area contributed by atoms with Gasteiger partial charge in [0.25, 0.3) is 0 Å². The lowest BCUT2D eigenvalue weighted by Gasteiger charge is -2.30. The monoisotopic (exact) mass is 361 g/mol. The molecule has 1 heterocycles. The number of hydrogen-bond acceptors (Lipinski definition) is 3. The first kappa shape index (κ1) is 15.8. The van der Waals surface area contributed by atoms with Crippen LogP contribution in [0.5, 0.6) is 0 Å². The van der Waals surface area contributed by atoms with Crippen LogP contribution < -0.4 is 10.5 Å². The molecule has 112 valence electrons. The van der Waals surface area contributed by atoms with E-state index >= 15 is 0 Å². The molecule has 1 saturated heterocycles. The van der Waals surface area contributed by atoms with E-state index in [-0.39, 0.29) is 0 Å². The number of benzene rings is 1. The molecular formula is C13H20BrN3O2S. The highest BCUT2D eigenvalue weighted by atomic mass is 79.9. The summed E-state index contributed by atoms with van der Waals surface area (Å²) < 4.78 is 29.7. The Labute approximate surface area is 128 Å². The topological polar surface area (TPSA) is 75.4 Å². The Hall–Kier alpha value is -0.630. The van der Waals surface area contributed by atoms with Crippen LogP contribution >= 0.6 is 15.9 Å². The van der Waals surface area contributed by atoms with Gasteiger partial charge in [0.15, 0.2) is 0 Å². The van der Waals surface area contributed by atoms with Gasteiger partial charge >= 0.3 is 10.2 Å². The van der Waals surface area contributed by atoms with Gasteiger partial charge in [0.05, 0.1) is 5.69 Å². The van der Waals surface area contributed by atoms with Crippen molar-refractivity contribution in [2.24, 2.45) is 11.7 Å². The standard InChI is InChI=1S/C13H20BrN3O2S/c1-10-3-2-4-12(13(10)14)16-20(18,19)17-7-5-11(9-15)6-8-17/h2-4,11,16H,5-9,15H2,1H3. The van der Waals surface area contributed by atoms with Gasteiger partial charge in [0.2, 0.25) is 0 Å². The highest BCUT2D eigenvalue weighted by Gasteiger charge is 2.27. The smallest absolute Gasteiger partial charge is 0.301 e. The summed E-state index contributed by atoms with van der Waals surface area (Å²) in [5.74, 6) is 0.437. The third-order valence-corrected chi connectivity index (χ3v) is 6.25. The summed E-state index contributed by atoms with van der Waals surface area (Å²) in [6.45, 7) is 3.61. The van der Waals surface area contributed by atoms with Crippen LogP contribution in [0.4, 0.5) is 5.69 Å². The molecule has 0 aliphatic carbocycles. The van der Waals surface area contributed by atoms with Crippen molar-refractivity contribution >= 4 is 31.8 Å². The molecule has 1 fully saturated rings. The number of anilines is 1. The molecule has 0 atom stereocenters. The Morgan fingerprint density at radius 1 is 1.40 bits per heavy atom. The third-order valence-electron chi connectivity index (χ3n) is 3.68. The number of nitrogens with one attached hydrogen (secondary N) is 1. The number of nitrogens with two attached hydrogens (primary N) is 1. The van der Waals surface area contributed by atoms with Crippen LogP contribution in [0.2, 0.25) is 0 Å². The van der Waals surface area contributed by atoms with E-state index in [1.807, 2.05) is 19.1 Å². The summed E-state index contributed by atoms with van der Waals surface area (Å²) in [5, 5.41) is 0. The quantitative estimate of drug-likeness (QED) is 0.861. The lowest BCUT2D eigenvalue weighted by atomic mass is 9.99. The maximum Gasteiger partial charge on any atom is 0.301 e. The highest BCUT2D eigenvalue weighted by molar-refractivity contribution is 9.10. The van der Waals surface area contributed by atoms with E-state index < -0.39 is 10.2 Å². The Kier molecular flexibility index (Phi) is 5.06. The van der Waals surface area contributed by atoms with Crippen molar-refractivity contribution in [1.82, 2.24) is 4.31 Å². The molecule has 0 amide bonds. The van der Waals surface area contributed by atoms with Gasteiger partial charge in [-0.05, 0) is 59.8 Å². The maximum absolute atomic E-state index is 12.4. The molecule has 7 heteroatoms. The summed E-state index contributed by atoms with van der Waals surface area (Å²) in [7, 11) is -3.49. The fraction of sp³-hybridized carbons (Fsp3) is 0.538. The Morgan fingerprint density at radius 2 is 2.05 bits per heavy atom. The Bertz CT molecular complexity index is 569. The third kappa shape index (κ3) is 3.52. The summed E-state index contributed by atoms with van der Waals surface area (Å²) >= 11 is 3.42. The summed E-state index contributed by atoms with van der Waals surface area (Å²) in [6.07, 6.45) is 1.65. The molecule has 0 unspecified atom stereocenters. The average Bonchev–Trinajstić information content (AvgIpc) is 2.44. The molecule has 1 aromatic rings. The highest BCUT2D eigenvalue weighted by Crippen LogP contribution is 2.28. The van der Waals surface area contributed by atoms with Crippen molar-refractivity contribution in [3.8, 4) is 0 Å². The second-order valence-corrected chi connectivity index (χ2v) is 7.59. The van der Waals surface area contributed by atoms with E-state index in [1.165, 1.54) is 4.31 Å². The molecule has 20 heavy (non-hydrogen) atoms. The summed E-state index contributed by atoms with van der Waals surface area (Å²) in [5.41, 5.74) is 7.20. The SMILES string of the molecule is Cc1cccc(NS(=O)(=O)N2CCC(CN)CC2)c1Br. The van der Waals surface area contributed by atoms with Crippen LogP contribution in [0.1, 0.15) is 18.4 Å². The fourth-order valence-electron chi connectivity index (χ4n) is 2.32. The van der Waals surface area contributed by atoms with Gasteiger partial charge in [0.1, 0.15) is 0 Å². The Balaban J connectivity index is 2.10. The number of nitrogens with zero attached hydrogens (tertiary/aromatic N) is 1. The van der Waals surface area contributed by atoms with Crippen molar-refractivity contribution in [3.05, 3.63) is 28.2 Å². The van der Waals surface area contributed by atoms with Crippen LogP contribution in [0.15, 0.2) is 22.7 Å². The Morgan fingerprint density at radius 3 is 2.65 bits per heavy atom. The minimum atomic E-state index is -3.49. The van der Waals surface area contributed by atoms with Crippen LogP contribution in [-0.2, 0) is 10.2 Å². The molecule has 0 aromatic heterocycles. The van der Waals surface area contributed by atoms with E-state index in [2.05, 4.69) is 20.7 Å². The predicted octanol–water partition coefficient (Wildman–Crippen LogP) is 2.08. The minimum Gasteiger partial charge on any atom is -0.330 e. The maximum atomic E-state index is 12.4. The first-order valence-corrected chi connectivity index (χ1v) is 8.90. The number of hydrogen-bond donors (Lipinski definition) is 2. The van der Waals surface area contributed by atoms with Crippen molar-refractivity contribution < 1.29 is 8.42 Å². The second kappa shape index (κ2) is 6.43. The normalized spacial score (nSPS) is 18.1. The van der Waals surface area contributed by atoms with Crippen molar-refractivity contribution in [2.75, 3.05) is 24.4 Å². The molecular weight excluding hydrogens is 342 g/mol. The van der Waals surface area contributed by atoms with Gasteiger partial charge in [-0.15, -0.1) is 0 Å². The summed E-state index contributed by atoms with van der Waals surface area (Å²) in [4.78, 5) is 0. The zero-order valence-corrected chi connectivity index (χ0v) is 13.9. The van der Waals surface area contributed by atoms with Gasteiger partial charge in [0, 0.05) is 17.6 Å². The number of piperidine rings is 1. The van der Waals surface area contributed by atoms with Gasteiger partial charge in [-0.25, -0.2) is 0 Å². The van der Waals surface area contributed by atoms with Crippen LogP contribution in [0.3, 0.4) is 0 Å². The van der Waals surface area contributed by atoms with E-state index in [9.17, 15) is 8.42 Å². The molecule has 2 rings (SSSR count). The van der Waals surface area contributed by atoms with Gasteiger partial charge in [-0.3, -0.25) is 4.72 Å². The van der Waals surface area contributed by atoms with E-state index in [1.54, 1.807) is 6.07 Å². The summed E-state index contributed by atoms with van der Waals surface area (Å²) in [6, 6.07) is 5.51. The van der Waals surface area contributed by atoms with Crippen LogP contribution in [0.25, 0.3) is 0 Å². The molecule has 0 saturated carbocycles. The zero-order chi connectivity index (χ0) is 14.8. The number of aryl methyl sites for hydroxylation is 1. The van der Waals surface area contributed by atoms with Crippen LogP contribution in [-0.4, -0.2) is 32.4 Å². The molecule has 3 N–H and O–H groups in total. The minimum absolute atomic E-state index is 0.437. The van der Waals surface area contributed by atoms with E-state index in [0.717, 1.165) is 22.9 Å². The molecule has 0 spiro atoms. The van der Waals surface area contributed by atoms with E-state index in [0.29, 0.717) is 31.2 Å². The van der Waals surface area contributed by atoms with Crippen molar-refractivity contribution in [2.45, 2.75) is 19.8 Å². The van der Waals surface area contributed by atoms with E-state index in [4.69, 9.17) is 5.73 Å². The molecule has 0 radical (unpaired) electrons. The number of rotatable bonds is 4. The molecule has 1 aromatic carbocycles. The lowest BCUT2D eigenvalue weighted by Crippen LogP contribution is -2.42. The number of halogens is 1.